The summed E-state index contributed by atoms with van der Waals surface area (Å²) in [5, 5.41) is 3.35. The van der Waals surface area contributed by atoms with Crippen molar-refractivity contribution in [1.82, 2.24) is 10.2 Å². The summed E-state index contributed by atoms with van der Waals surface area (Å²) in [7, 11) is 0. The van der Waals surface area contributed by atoms with Crippen molar-refractivity contribution in [3.63, 3.8) is 0 Å². The first-order chi connectivity index (χ1) is 7.56. The van der Waals surface area contributed by atoms with E-state index in [9.17, 15) is 4.79 Å². The number of hydrogen-bond donors (Lipinski definition) is 1. The van der Waals surface area contributed by atoms with Crippen LogP contribution in [-0.2, 0) is 4.79 Å². The molecule has 0 radical (unpaired) electrons. The molecule has 16 heavy (non-hydrogen) atoms. The number of rotatable bonds is 3. The van der Waals surface area contributed by atoms with Gasteiger partial charge >= 0.3 is 0 Å². The van der Waals surface area contributed by atoms with E-state index in [0.29, 0.717) is 17.4 Å². The van der Waals surface area contributed by atoms with Crippen LogP contribution < -0.4 is 5.32 Å². The van der Waals surface area contributed by atoms with Crippen LogP contribution >= 0.6 is 0 Å². The number of nitrogens with one attached hydrogen (secondary N) is 1. The zero-order valence-electron chi connectivity index (χ0n) is 10.8. The van der Waals surface area contributed by atoms with E-state index in [1.807, 2.05) is 0 Å². The molecule has 2 fully saturated rings. The number of carbonyl (C=O) groups is 1. The van der Waals surface area contributed by atoms with Gasteiger partial charge in [0.05, 0.1) is 12.7 Å². The lowest BCUT2D eigenvalue weighted by atomic mass is 9.86. The molecule has 2 aliphatic rings. The molecule has 1 N–H and O–H groups in total. The summed E-state index contributed by atoms with van der Waals surface area (Å²) in [6.45, 7) is 7.49. The SMILES string of the molecule is CCCC1NCN(C2CCCC2(C)C)C1=O. The van der Waals surface area contributed by atoms with Crippen LogP contribution in [-0.4, -0.2) is 29.6 Å². The Balaban J connectivity index is 2.04. The van der Waals surface area contributed by atoms with E-state index in [1.165, 1.54) is 19.3 Å². The summed E-state index contributed by atoms with van der Waals surface area (Å²) in [6, 6.07) is 0.538. The Kier molecular flexibility index (Phi) is 3.24. The largest absolute Gasteiger partial charge is 0.325 e. The monoisotopic (exact) mass is 224 g/mol. The standard InChI is InChI=1S/C13H24N2O/c1-4-6-10-12(16)15(9-14-10)11-7-5-8-13(11,2)3/h10-11,14H,4-9H2,1-3H3. The van der Waals surface area contributed by atoms with Crippen molar-refractivity contribution >= 4 is 5.91 Å². The predicted molar refractivity (Wildman–Crippen MR) is 65.0 cm³/mol. The Morgan fingerprint density at radius 3 is 2.81 bits per heavy atom. The van der Waals surface area contributed by atoms with E-state index < -0.39 is 0 Å². The molecule has 3 heteroatoms. The van der Waals surface area contributed by atoms with Gasteiger partial charge in [-0.25, -0.2) is 0 Å². The second kappa shape index (κ2) is 4.36. The van der Waals surface area contributed by atoms with E-state index in [4.69, 9.17) is 0 Å². The molecule has 0 aromatic rings. The summed E-state index contributed by atoms with van der Waals surface area (Å²) in [6.07, 6.45) is 5.74. The van der Waals surface area contributed by atoms with Crippen molar-refractivity contribution in [1.29, 1.82) is 0 Å². The maximum atomic E-state index is 12.2. The van der Waals surface area contributed by atoms with Gasteiger partial charge < -0.3 is 4.90 Å². The van der Waals surface area contributed by atoms with Gasteiger partial charge in [0.1, 0.15) is 0 Å². The number of amides is 1. The average Bonchev–Trinajstić information content (AvgIpc) is 2.72. The minimum Gasteiger partial charge on any atom is -0.325 e. The molecule has 0 aromatic heterocycles. The zero-order chi connectivity index (χ0) is 11.8. The molecule has 0 bridgehead atoms. The van der Waals surface area contributed by atoms with Crippen LogP contribution in [0.25, 0.3) is 0 Å². The maximum absolute atomic E-state index is 12.2. The van der Waals surface area contributed by atoms with Crippen LogP contribution in [0.4, 0.5) is 0 Å². The van der Waals surface area contributed by atoms with Gasteiger partial charge in [0, 0.05) is 6.04 Å². The number of nitrogens with zero attached hydrogens (tertiary/aromatic N) is 1. The topological polar surface area (TPSA) is 32.3 Å². The van der Waals surface area contributed by atoms with Crippen LogP contribution in [0.3, 0.4) is 0 Å². The molecule has 2 rings (SSSR count). The van der Waals surface area contributed by atoms with E-state index in [-0.39, 0.29) is 6.04 Å². The molecule has 1 heterocycles. The van der Waals surface area contributed by atoms with Crippen LogP contribution in [0.5, 0.6) is 0 Å². The summed E-state index contributed by atoms with van der Waals surface area (Å²) in [5.74, 6) is 0.335. The normalized spacial score (nSPS) is 33.7. The molecule has 1 aliphatic carbocycles. The quantitative estimate of drug-likeness (QED) is 0.796. The van der Waals surface area contributed by atoms with Crippen LogP contribution in [0, 0.1) is 5.41 Å². The third kappa shape index (κ3) is 1.97. The van der Waals surface area contributed by atoms with E-state index in [1.54, 1.807) is 0 Å². The lowest BCUT2D eigenvalue weighted by Crippen LogP contribution is -2.44. The van der Waals surface area contributed by atoms with Crippen molar-refractivity contribution in [2.24, 2.45) is 5.41 Å². The highest BCUT2D eigenvalue weighted by Crippen LogP contribution is 2.41. The van der Waals surface area contributed by atoms with Crippen LogP contribution in [0.2, 0.25) is 0 Å². The second-order valence-corrected chi connectivity index (χ2v) is 5.91. The summed E-state index contributed by atoms with van der Waals surface area (Å²) in [5.41, 5.74) is 0.304. The van der Waals surface area contributed by atoms with Gasteiger partial charge in [-0.15, -0.1) is 0 Å². The summed E-state index contributed by atoms with van der Waals surface area (Å²) < 4.78 is 0. The third-order valence-electron chi connectivity index (χ3n) is 4.24. The fourth-order valence-corrected chi connectivity index (χ4v) is 3.24. The second-order valence-electron chi connectivity index (χ2n) is 5.91. The molecular weight excluding hydrogens is 200 g/mol. The molecule has 2 atom stereocenters. The Morgan fingerprint density at radius 2 is 2.25 bits per heavy atom. The Morgan fingerprint density at radius 1 is 1.50 bits per heavy atom. The van der Waals surface area contributed by atoms with Crippen molar-refractivity contribution in [3.05, 3.63) is 0 Å². The molecule has 1 saturated heterocycles. The molecule has 0 aromatic carbocycles. The highest BCUT2D eigenvalue weighted by Gasteiger charge is 2.44. The average molecular weight is 224 g/mol. The molecule has 1 aliphatic heterocycles. The zero-order valence-corrected chi connectivity index (χ0v) is 10.8. The minimum atomic E-state index is 0.0846. The third-order valence-corrected chi connectivity index (χ3v) is 4.24. The van der Waals surface area contributed by atoms with Gasteiger partial charge in [0.2, 0.25) is 5.91 Å². The van der Waals surface area contributed by atoms with Crippen molar-refractivity contribution < 1.29 is 4.79 Å². The number of carbonyl (C=O) groups excluding carboxylic acids is 1. The lowest BCUT2D eigenvalue weighted by molar-refractivity contribution is -0.132. The first-order valence-electron chi connectivity index (χ1n) is 6.60. The van der Waals surface area contributed by atoms with E-state index in [2.05, 4.69) is 31.0 Å². The molecule has 1 saturated carbocycles. The molecule has 1 amide bonds. The van der Waals surface area contributed by atoms with Crippen molar-refractivity contribution in [2.75, 3.05) is 6.67 Å². The highest BCUT2D eigenvalue weighted by molar-refractivity contribution is 5.84. The number of hydrogen-bond acceptors (Lipinski definition) is 2. The Bertz CT molecular complexity index is 275. The highest BCUT2D eigenvalue weighted by atomic mass is 16.2. The van der Waals surface area contributed by atoms with Gasteiger partial charge in [0.25, 0.3) is 0 Å². The van der Waals surface area contributed by atoms with Gasteiger partial charge in [0.15, 0.2) is 0 Å². The van der Waals surface area contributed by atoms with E-state index >= 15 is 0 Å². The predicted octanol–water partition coefficient (Wildman–Crippen LogP) is 2.12. The first kappa shape index (κ1) is 11.9. The van der Waals surface area contributed by atoms with Gasteiger partial charge in [-0.3, -0.25) is 10.1 Å². The summed E-state index contributed by atoms with van der Waals surface area (Å²) in [4.78, 5) is 14.3. The van der Waals surface area contributed by atoms with Gasteiger partial charge in [-0.2, -0.15) is 0 Å². The molecule has 3 nitrogen and oxygen atoms in total. The summed E-state index contributed by atoms with van der Waals surface area (Å²) >= 11 is 0. The molecule has 92 valence electrons. The first-order valence-corrected chi connectivity index (χ1v) is 6.60. The van der Waals surface area contributed by atoms with Gasteiger partial charge in [-0.05, 0) is 24.7 Å². The van der Waals surface area contributed by atoms with E-state index in [0.717, 1.165) is 19.5 Å². The fraction of sp³-hybridized carbons (Fsp3) is 0.923. The molecule has 0 spiro atoms. The van der Waals surface area contributed by atoms with Gasteiger partial charge in [-0.1, -0.05) is 33.6 Å². The minimum absolute atomic E-state index is 0.0846. The van der Waals surface area contributed by atoms with Crippen molar-refractivity contribution in [2.45, 2.75) is 65.0 Å². The smallest absolute Gasteiger partial charge is 0.241 e. The van der Waals surface area contributed by atoms with Crippen LogP contribution in [0.1, 0.15) is 52.9 Å². The molecule has 2 unspecified atom stereocenters. The maximum Gasteiger partial charge on any atom is 0.241 e. The fourth-order valence-electron chi connectivity index (χ4n) is 3.24. The van der Waals surface area contributed by atoms with Crippen LogP contribution in [0.15, 0.2) is 0 Å². The Labute approximate surface area is 98.6 Å². The Hall–Kier alpha value is -0.570. The van der Waals surface area contributed by atoms with Crippen molar-refractivity contribution in [3.8, 4) is 0 Å². The molecular formula is C13H24N2O. The lowest BCUT2D eigenvalue weighted by Gasteiger charge is -2.34.